The van der Waals surface area contributed by atoms with Crippen molar-refractivity contribution in [3.8, 4) is 17.6 Å². The Labute approximate surface area is 115 Å². The molecule has 2 rings (SSSR count). The van der Waals surface area contributed by atoms with Crippen molar-refractivity contribution < 1.29 is 18.9 Å². The van der Waals surface area contributed by atoms with E-state index in [-0.39, 0.29) is 13.2 Å². The number of aryl methyl sites for hydroxylation is 1. The van der Waals surface area contributed by atoms with Gasteiger partial charge in [0.1, 0.15) is 29.6 Å². The summed E-state index contributed by atoms with van der Waals surface area (Å²) in [6.07, 6.45) is 0.350. The van der Waals surface area contributed by atoms with Gasteiger partial charge in [-0.15, -0.1) is 0 Å². The molecule has 0 bridgehead atoms. The molecule has 104 valence electrons. The summed E-state index contributed by atoms with van der Waals surface area (Å²) in [6.45, 7) is 1.84. The zero-order chi connectivity index (χ0) is 14.4. The summed E-state index contributed by atoms with van der Waals surface area (Å²) >= 11 is 0. The minimum absolute atomic E-state index is 0.0197. The Hall–Kier alpha value is -2.39. The fourth-order valence-electron chi connectivity index (χ4n) is 1.46. The number of nitrogens with zero attached hydrogens (tertiary/aromatic N) is 2. The molecule has 2 aromatic rings. The van der Waals surface area contributed by atoms with E-state index < -0.39 is 5.82 Å². The molecule has 0 saturated carbocycles. The van der Waals surface area contributed by atoms with E-state index in [1.165, 1.54) is 18.2 Å². The minimum Gasteiger partial charge on any atom is -0.486 e. The Balaban J connectivity index is 2.15. The third-order valence-electron chi connectivity index (χ3n) is 2.51. The van der Waals surface area contributed by atoms with Crippen molar-refractivity contribution in [1.29, 1.82) is 0 Å². The first-order chi connectivity index (χ1) is 9.70. The molecule has 0 radical (unpaired) electrons. The Morgan fingerprint density at radius 3 is 2.95 bits per heavy atom. The molecule has 0 aliphatic heterocycles. The maximum atomic E-state index is 13.3. The molecule has 1 aromatic carbocycles. The topological polar surface area (TPSA) is 68.4 Å². The van der Waals surface area contributed by atoms with Crippen LogP contribution >= 0.6 is 0 Å². The van der Waals surface area contributed by atoms with Crippen LogP contribution in [0.5, 0.6) is 5.75 Å². The van der Waals surface area contributed by atoms with Crippen molar-refractivity contribution in [3.63, 3.8) is 0 Å². The lowest BCUT2D eigenvalue weighted by Crippen LogP contribution is -2.00. The highest BCUT2D eigenvalue weighted by molar-refractivity contribution is 5.46. The monoisotopic (exact) mass is 276 g/mol. The third kappa shape index (κ3) is 3.56. The van der Waals surface area contributed by atoms with E-state index in [4.69, 9.17) is 9.84 Å². The van der Waals surface area contributed by atoms with Gasteiger partial charge in [0, 0.05) is 12.5 Å². The highest BCUT2D eigenvalue weighted by Crippen LogP contribution is 2.20. The lowest BCUT2D eigenvalue weighted by molar-refractivity contribution is 0.269. The summed E-state index contributed by atoms with van der Waals surface area (Å²) in [5.74, 6) is 5.50. The largest absolute Gasteiger partial charge is 0.486 e. The van der Waals surface area contributed by atoms with Crippen molar-refractivity contribution in [2.75, 3.05) is 6.61 Å². The van der Waals surface area contributed by atoms with E-state index in [1.807, 2.05) is 0 Å². The predicted molar refractivity (Wildman–Crippen MR) is 68.3 cm³/mol. The molecule has 0 spiro atoms. The number of hydrogen-bond donors (Lipinski definition) is 1. The van der Waals surface area contributed by atoms with Crippen LogP contribution in [0.3, 0.4) is 0 Å². The van der Waals surface area contributed by atoms with Crippen LogP contribution in [0.2, 0.25) is 0 Å². The molecular weight excluding hydrogens is 263 g/mol. The van der Waals surface area contributed by atoms with Crippen LogP contribution < -0.4 is 4.74 Å². The number of aromatic nitrogens is 2. The van der Waals surface area contributed by atoms with Crippen molar-refractivity contribution in [2.24, 2.45) is 0 Å². The summed E-state index contributed by atoms with van der Waals surface area (Å²) in [7, 11) is 0. The fourth-order valence-corrected chi connectivity index (χ4v) is 1.46. The highest BCUT2D eigenvalue weighted by atomic mass is 19.1. The Bertz CT molecular complexity index is 643. The van der Waals surface area contributed by atoms with Crippen LogP contribution in [0.1, 0.15) is 23.4 Å². The summed E-state index contributed by atoms with van der Waals surface area (Å²) in [4.78, 5) is 0. The second-order valence-electron chi connectivity index (χ2n) is 4.00. The lowest BCUT2D eigenvalue weighted by Gasteiger charge is -2.06. The van der Waals surface area contributed by atoms with Gasteiger partial charge >= 0.3 is 0 Å². The number of aliphatic hydroxyl groups is 1. The molecule has 0 atom stereocenters. The average molecular weight is 276 g/mol. The third-order valence-corrected chi connectivity index (χ3v) is 2.51. The smallest absolute Gasteiger partial charge is 0.145 e. The van der Waals surface area contributed by atoms with Gasteiger partial charge in [-0.2, -0.15) is 0 Å². The molecule has 0 unspecified atom stereocenters. The van der Waals surface area contributed by atoms with Crippen LogP contribution in [-0.2, 0) is 6.61 Å². The first kappa shape index (κ1) is 14.0. The summed E-state index contributed by atoms with van der Waals surface area (Å²) in [5, 5.41) is 16.0. The Morgan fingerprint density at radius 1 is 1.40 bits per heavy atom. The van der Waals surface area contributed by atoms with Crippen molar-refractivity contribution in [1.82, 2.24) is 10.3 Å². The summed E-state index contributed by atoms with van der Waals surface area (Å²) < 4.78 is 23.3. The lowest BCUT2D eigenvalue weighted by atomic mass is 10.2. The molecule has 1 aromatic heterocycles. The first-order valence-electron chi connectivity index (χ1n) is 6.01. The second-order valence-corrected chi connectivity index (χ2v) is 4.00. The van der Waals surface area contributed by atoms with Crippen LogP contribution in [0.25, 0.3) is 0 Å². The molecule has 1 N–H and O–H groups in total. The maximum absolute atomic E-state index is 13.3. The zero-order valence-electron chi connectivity index (χ0n) is 10.9. The van der Waals surface area contributed by atoms with Crippen LogP contribution in [-0.4, -0.2) is 22.0 Å². The van der Waals surface area contributed by atoms with E-state index in [2.05, 4.69) is 26.8 Å². The molecule has 0 fully saturated rings. The van der Waals surface area contributed by atoms with E-state index in [1.54, 1.807) is 6.92 Å². The van der Waals surface area contributed by atoms with E-state index >= 15 is 0 Å². The van der Waals surface area contributed by atoms with Gasteiger partial charge in [-0.25, -0.2) is 9.02 Å². The molecule has 0 saturated heterocycles. The van der Waals surface area contributed by atoms with E-state index in [9.17, 15) is 4.39 Å². The molecule has 20 heavy (non-hydrogen) atoms. The van der Waals surface area contributed by atoms with Crippen molar-refractivity contribution in [3.05, 3.63) is 41.0 Å². The number of halogens is 1. The first-order valence-corrected chi connectivity index (χ1v) is 6.01. The van der Waals surface area contributed by atoms with Gasteiger partial charge in [-0.05, 0) is 19.1 Å². The predicted octanol–water partition coefficient (Wildman–Crippen LogP) is 1.83. The molecule has 0 aliphatic rings. The van der Waals surface area contributed by atoms with Gasteiger partial charge in [0.15, 0.2) is 0 Å². The molecule has 1 heterocycles. The van der Waals surface area contributed by atoms with Crippen LogP contribution in [0.4, 0.5) is 4.39 Å². The normalized spacial score (nSPS) is 9.95. The number of benzene rings is 1. The summed E-state index contributed by atoms with van der Waals surface area (Å²) in [6, 6.07) is 4.09. The standard InChI is InChI=1S/C14H13FN2O3/c1-10-13(17-20-16-10)9-19-14-8-12(15)6-5-11(14)4-2-3-7-18/h5-6,8,18H,3,7,9H2,1H3. The second kappa shape index (κ2) is 6.68. The van der Waals surface area contributed by atoms with Gasteiger partial charge in [0.25, 0.3) is 0 Å². The SMILES string of the molecule is Cc1nonc1COc1cc(F)ccc1C#CCCO. The van der Waals surface area contributed by atoms with Gasteiger partial charge in [-0.1, -0.05) is 22.2 Å². The number of ether oxygens (including phenoxy) is 1. The zero-order valence-corrected chi connectivity index (χ0v) is 10.9. The van der Waals surface area contributed by atoms with E-state index in [0.29, 0.717) is 29.1 Å². The molecule has 6 heteroatoms. The average Bonchev–Trinajstić information content (AvgIpc) is 2.84. The van der Waals surface area contributed by atoms with Gasteiger partial charge in [0.05, 0.1) is 12.2 Å². The van der Waals surface area contributed by atoms with Crippen molar-refractivity contribution in [2.45, 2.75) is 20.0 Å². The number of hydrogen-bond acceptors (Lipinski definition) is 5. The Morgan fingerprint density at radius 2 is 2.25 bits per heavy atom. The van der Waals surface area contributed by atoms with Crippen LogP contribution in [0, 0.1) is 24.6 Å². The molecule has 0 amide bonds. The summed E-state index contributed by atoms with van der Waals surface area (Å²) in [5.41, 5.74) is 1.71. The van der Waals surface area contributed by atoms with Gasteiger partial charge in [-0.3, -0.25) is 0 Å². The minimum atomic E-state index is -0.414. The molecule has 0 aliphatic carbocycles. The van der Waals surface area contributed by atoms with Crippen LogP contribution in [0.15, 0.2) is 22.8 Å². The number of rotatable bonds is 4. The molecule has 5 nitrogen and oxygen atoms in total. The fraction of sp³-hybridized carbons (Fsp3) is 0.286. The maximum Gasteiger partial charge on any atom is 0.145 e. The van der Waals surface area contributed by atoms with Gasteiger partial charge in [0.2, 0.25) is 0 Å². The van der Waals surface area contributed by atoms with Crippen molar-refractivity contribution >= 4 is 0 Å². The Kier molecular flexibility index (Phi) is 4.69. The molecular formula is C14H13FN2O3. The highest BCUT2D eigenvalue weighted by Gasteiger charge is 2.08. The van der Waals surface area contributed by atoms with Gasteiger partial charge < -0.3 is 9.84 Å². The van der Waals surface area contributed by atoms with E-state index in [0.717, 1.165) is 0 Å². The number of aliphatic hydroxyl groups excluding tert-OH is 1. The quantitative estimate of drug-likeness (QED) is 0.863.